The number of thiophene rings is 1. The average molecular weight is 548 g/mol. The zero-order valence-corrected chi connectivity index (χ0v) is 22.5. The van der Waals surface area contributed by atoms with Crippen LogP contribution in [0.2, 0.25) is 0 Å². The minimum atomic E-state index is -0.166. The molecule has 0 saturated heterocycles. The fourth-order valence-corrected chi connectivity index (χ4v) is 6.97. The summed E-state index contributed by atoms with van der Waals surface area (Å²) >= 11 is 3.35. The number of carbonyl (C=O) groups is 1. The van der Waals surface area contributed by atoms with Crippen molar-refractivity contribution in [2.24, 2.45) is 0 Å². The Balaban J connectivity index is 0.00000280. The van der Waals surface area contributed by atoms with Crippen molar-refractivity contribution >= 4 is 56.2 Å². The van der Waals surface area contributed by atoms with Crippen molar-refractivity contribution in [1.82, 2.24) is 9.88 Å². The second-order valence-corrected chi connectivity index (χ2v) is 10.9. The number of para-hydroxylation sites is 2. The molecule has 37 heavy (non-hydrogen) atoms. The van der Waals surface area contributed by atoms with E-state index in [1.165, 1.54) is 16.0 Å². The zero-order valence-electron chi connectivity index (χ0n) is 20.1. The summed E-state index contributed by atoms with van der Waals surface area (Å²) in [6, 6.07) is 28.2. The second kappa shape index (κ2) is 11.4. The van der Waals surface area contributed by atoms with E-state index in [2.05, 4.69) is 46.6 Å². The first-order valence-electron chi connectivity index (χ1n) is 12.0. The molecule has 3 heterocycles. The summed E-state index contributed by atoms with van der Waals surface area (Å²) in [5, 5.41) is 4.97. The van der Waals surface area contributed by atoms with Crippen LogP contribution >= 0.6 is 35.1 Å². The Morgan fingerprint density at radius 2 is 1.68 bits per heavy atom. The summed E-state index contributed by atoms with van der Waals surface area (Å²) < 4.78 is 6.84. The normalized spacial score (nSPS) is 13.1. The first-order valence-corrected chi connectivity index (χ1v) is 13.6. The largest absolute Gasteiger partial charge is 0.484 e. The molecule has 8 heteroatoms. The summed E-state index contributed by atoms with van der Waals surface area (Å²) in [6.45, 7) is 2.72. The Labute approximate surface area is 230 Å². The third-order valence-electron chi connectivity index (χ3n) is 6.26. The van der Waals surface area contributed by atoms with Gasteiger partial charge in [0.2, 0.25) is 0 Å². The van der Waals surface area contributed by atoms with Crippen molar-refractivity contribution < 1.29 is 9.53 Å². The van der Waals surface area contributed by atoms with Crippen LogP contribution in [0.4, 0.5) is 5.00 Å². The molecule has 0 spiro atoms. The van der Waals surface area contributed by atoms with Crippen LogP contribution in [0.1, 0.15) is 16.0 Å². The number of benzene rings is 3. The Morgan fingerprint density at radius 3 is 2.46 bits per heavy atom. The van der Waals surface area contributed by atoms with E-state index in [-0.39, 0.29) is 24.9 Å². The van der Waals surface area contributed by atoms with Crippen LogP contribution in [0.3, 0.4) is 0 Å². The third kappa shape index (κ3) is 5.70. The van der Waals surface area contributed by atoms with Crippen LogP contribution in [-0.2, 0) is 24.3 Å². The molecule has 0 unspecified atom stereocenters. The van der Waals surface area contributed by atoms with E-state index < -0.39 is 0 Å². The lowest BCUT2D eigenvalue weighted by Gasteiger charge is -2.27. The molecule has 0 atom stereocenters. The van der Waals surface area contributed by atoms with Gasteiger partial charge in [-0.3, -0.25) is 9.69 Å². The number of rotatable bonds is 7. The number of amides is 1. The highest BCUT2D eigenvalue weighted by molar-refractivity contribution is 7.22. The maximum atomic E-state index is 12.9. The highest BCUT2D eigenvalue weighted by atomic mass is 35.5. The zero-order chi connectivity index (χ0) is 24.3. The molecule has 3 aromatic carbocycles. The van der Waals surface area contributed by atoms with Gasteiger partial charge in [0.1, 0.15) is 15.8 Å². The number of thiazole rings is 1. The molecule has 1 N–H and O–H groups in total. The maximum absolute atomic E-state index is 12.9. The second-order valence-electron chi connectivity index (χ2n) is 8.79. The third-order valence-corrected chi connectivity index (χ3v) is 8.44. The SMILES string of the molecule is Cl.O=C(COc1ccccc1)Nc1sc2c(c1-c1nc3ccccc3s1)CCN(Cc1ccccc1)C2. The van der Waals surface area contributed by atoms with E-state index in [9.17, 15) is 4.79 Å². The van der Waals surface area contributed by atoms with Crippen molar-refractivity contribution in [1.29, 1.82) is 0 Å². The summed E-state index contributed by atoms with van der Waals surface area (Å²) in [6.07, 6.45) is 0.931. The number of hydrogen-bond acceptors (Lipinski definition) is 6. The van der Waals surface area contributed by atoms with Crippen LogP contribution in [0.25, 0.3) is 20.8 Å². The molecule has 6 rings (SSSR count). The van der Waals surface area contributed by atoms with Crippen LogP contribution in [0.5, 0.6) is 5.75 Å². The Hall–Kier alpha value is -3.23. The van der Waals surface area contributed by atoms with Gasteiger partial charge in [0.05, 0.1) is 10.2 Å². The molecule has 2 aromatic heterocycles. The summed E-state index contributed by atoms with van der Waals surface area (Å²) in [4.78, 5) is 21.6. The molecule has 1 aliphatic heterocycles. The first-order chi connectivity index (χ1) is 17.7. The monoisotopic (exact) mass is 547 g/mol. The van der Waals surface area contributed by atoms with E-state index in [0.717, 1.165) is 51.8 Å². The topological polar surface area (TPSA) is 54.5 Å². The molecule has 0 fully saturated rings. The van der Waals surface area contributed by atoms with Crippen molar-refractivity contribution in [2.45, 2.75) is 19.5 Å². The Bertz CT molecular complexity index is 1470. The van der Waals surface area contributed by atoms with E-state index >= 15 is 0 Å². The number of halogens is 1. The lowest BCUT2D eigenvalue weighted by atomic mass is 10.0. The fraction of sp³-hybridized carbons (Fsp3) is 0.172. The Kier molecular flexibility index (Phi) is 7.86. The molecule has 1 aliphatic rings. The van der Waals surface area contributed by atoms with Crippen LogP contribution < -0.4 is 10.1 Å². The van der Waals surface area contributed by atoms with Gasteiger partial charge in [0, 0.05) is 30.1 Å². The first kappa shape index (κ1) is 25.4. The molecule has 5 aromatic rings. The van der Waals surface area contributed by atoms with Gasteiger partial charge in [-0.05, 0) is 41.8 Å². The van der Waals surface area contributed by atoms with Gasteiger partial charge in [-0.1, -0.05) is 60.7 Å². The van der Waals surface area contributed by atoms with Crippen LogP contribution in [-0.4, -0.2) is 28.9 Å². The smallest absolute Gasteiger partial charge is 0.262 e. The van der Waals surface area contributed by atoms with Gasteiger partial charge in [0.15, 0.2) is 6.61 Å². The number of fused-ring (bicyclic) bond motifs is 2. The fourth-order valence-electron chi connectivity index (χ4n) is 4.55. The molecule has 0 saturated carbocycles. The minimum Gasteiger partial charge on any atom is -0.484 e. The number of ether oxygens (including phenoxy) is 1. The number of nitrogens with one attached hydrogen (secondary N) is 1. The van der Waals surface area contributed by atoms with Gasteiger partial charge in [-0.25, -0.2) is 4.98 Å². The summed E-state index contributed by atoms with van der Waals surface area (Å²) in [5.74, 6) is 0.516. The van der Waals surface area contributed by atoms with E-state index in [1.54, 1.807) is 22.7 Å². The van der Waals surface area contributed by atoms with Gasteiger partial charge >= 0.3 is 0 Å². The van der Waals surface area contributed by atoms with Crippen molar-refractivity contribution in [3.05, 3.63) is 101 Å². The number of carbonyl (C=O) groups excluding carboxylic acids is 1. The average Bonchev–Trinajstić information content (AvgIpc) is 3.49. The van der Waals surface area contributed by atoms with Gasteiger partial charge < -0.3 is 10.1 Å². The van der Waals surface area contributed by atoms with Gasteiger partial charge in [-0.15, -0.1) is 35.1 Å². The van der Waals surface area contributed by atoms with Crippen LogP contribution in [0, 0.1) is 0 Å². The molecule has 5 nitrogen and oxygen atoms in total. The molecule has 0 radical (unpaired) electrons. The predicted molar refractivity (Wildman–Crippen MR) is 155 cm³/mol. The molecule has 0 bridgehead atoms. The maximum Gasteiger partial charge on any atom is 0.262 e. The number of nitrogens with zero attached hydrogens (tertiary/aromatic N) is 2. The molecular formula is C29H26ClN3O2S2. The minimum absolute atomic E-state index is 0. The molecule has 0 aliphatic carbocycles. The highest BCUT2D eigenvalue weighted by Crippen LogP contribution is 2.45. The van der Waals surface area contributed by atoms with Gasteiger partial charge in [-0.2, -0.15) is 0 Å². The lowest BCUT2D eigenvalue weighted by Crippen LogP contribution is -2.29. The Morgan fingerprint density at radius 1 is 0.946 bits per heavy atom. The van der Waals surface area contributed by atoms with E-state index in [4.69, 9.17) is 9.72 Å². The van der Waals surface area contributed by atoms with Crippen molar-refractivity contribution in [3.63, 3.8) is 0 Å². The number of aromatic nitrogens is 1. The van der Waals surface area contributed by atoms with E-state index in [0.29, 0.717) is 5.75 Å². The van der Waals surface area contributed by atoms with Crippen molar-refractivity contribution in [2.75, 3.05) is 18.5 Å². The molecular weight excluding hydrogens is 522 g/mol. The van der Waals surface area contributed by atoms with Gasteiger partial charge in [0.25, 0.3) is 5.91 Å². The lowest BCUT2D eigenvalue weighted by molar-refractivity contribution is -0.118. The van der Waals surface area contributed by atoms with Crippen LogP contribution in [0.15, 0.2) is 84.9 Å². The standard InChI is InChI=1S/C29H25N3O2S2.ClH/c33-26(19-34-21-11-5-2-6-12-21)31-29-27(28-30-23-13-7-8-14-24(23)35-28)22-15-16-32(18-25(22)36-29)17-20-9-3-1-4-10-20;/h1-14H,15-19H2,(H,31,33);1H. The van der Waals surface area contributed by atoms with Crippen molar-refractivity contribution in [3.8, 4) is 16.3 Å². The highest BCUT2D eigenvalue weighted by Gasteiger charge is 2.28. The number of anilines is 1. The number of hydrogen-bond donors (Lipinski definition) is 1. The summed E-state index contributed by atoms with van der Waals surface area (Å²) in [5.41, 5.74) is 4.69. The molecule has 1 amide bonds. The molecule has 188 valence electrons. The predicted octanol–water partition coefficient (Wildman–Crippen LogP) is 7.02. The summed E-state index contributed by atoms with van der Waals surface area (Å²) in [7, 11) is 0. The van der Waals surface area contributed by atoms with E-state index in [1.807, 2.05) is 48.5 Å². The quantitative estimate of drug-likeness (QED) is 0.238.